The molecule has 0 spiro atoms. The lowest BCUT2D eigenvalue weighted by Crippen LogP contribution is -2.04. The quantitative estimate of drug-likeness (QED) is 0.244. The lowest BCUT2D eigenvalue weighted by molar-refractivity contribution is 0.556. The molecule has 1 aromatic heterocycles. The van der Waals surface area contributed by atoms with Gasteiger partial charge in [-0.1, -0.05) is 89.0 Å². The summed E-state index contributed by atoms with van der Waals surface area (Å²) in [6.07, 6.45) is 14.5. The fourth-order valence-electron chi connectivity index (χ4n) is 3.93. The second-order valence-corrected chi connectivity index (χ2v) is 8.73. The zero-order valence-corrected chi connectivity index (χ0v) is 17.5. The first kappa shape index (κ1) is 20.1. The summed E-state index contributed by atoms with van der Waals surface area (Å²) in [6.45, 7) is 2.27. The van der Waals surface area contributed by atoms with Crippen molar-refractivity contribution in [2.75, 3.05) is 0 Å². The Morgan fingerprint density at radius 2 is 1.33 bits per heavy atom. The third-order valence-electron chi connectivity index (χ3n) is 5.49. The molecule has 0 radical (unpaired) electrons. The van der Waals surface area contributed by atoms with Crippen LogP contribution in [-0.2, 0) is 6.42 Å². The number of hydrogen-bond donors (Lipinski definition) is 0. The topological polar surface area (TPSA) is 17.1 Å². The largest absolute Gasteiger partial charge is 0.288 e. The Morgan fingerprint density at radius 1 is 0.704 bits per heavy atom. The van der Waals surface area contributed by atoms with E-state index in [-0.39, 0.29) is 5.43 Å². The zero-order chi connectivity index (χ0) is 18.9. The van der Waals surface area contributed by atoms with Crippen LogP contribution >= 0.6 is 11.3 Å². The lowest BCUT2D eigenvalue weighted by atomic mass is 10.0. The minimum atomic E-state index is 0.210. The fourth-order valence-corrected chi connectivity index (χ4v) is 5.05. The van der Waals surface area contributed by atoms with Crippen molar-refractivity contribution in [1.29, 1.82) is 0 Å². The molecular weight excluding hydrogens is 348 g/mol. The standard InChI is InChI=1S/C25H32OS/c1-2-3-4-5-6-7-8-9-10-11-15-20-16-14-19-23-24(20)25(26)21-17-12-13-18-22(21)27-23/h12-14,16-19H,2-11,15H2,1H3. The van der Waals surface area contributed by atoms with Gasteiger partial charge in [-0.2, -0.15) is 0 Å². The van der Waals surface area contributed by atoms with E-state index in [9.17, 15) is 4.79 Å². The molecule has 1 nitrogen and oxygen atoms in total. The summed E-state index contributed by atoms with van der Waals surface area (Å²) < 4.78 is 2.22. The van der Waals surface area contributed by atoms with Crippen LogP contribution in [0.25, 0.3) is 20.2 Å². The second kappa shape index (κ2) is 10.6. The highest BCUT2D eigenvalue weighted by Crippen LogP contribution is 2.27. The molecule has 144 valence electrons. The maximum Gasteiger partial charge on any atom is 0.196 e. The van der Waals surface area contributed by atoms with Crippen LogP contribution in [0.4, 0.5) is 0 Å². The van der Waals surface area contributed by atoms with Crippen LogP contribution < -0.4 is 5.43 Å². The molecule has 0 aliphatic carbocycles. The molecular formula is C25H32OS. The van der Waals surface area contributed by atoms with E-state index < -0.39 is 0 Å². The molecule has 1 heterocycles. The van der Waals surface area contributed by atoms with Crippen molar-refractivity contribution in [2.45, 2.75) is 77.6 Å². The molecule has 0 bridgehead atoms. The van der Waals surface area contributed by atoms with Crippen molar-refractivity contribution in [1.82, 2.24) is 0 Å². The SMILES string of the molecule is CCCCCCCCCCCCc1cccc2sc3ccccc3c(=O)c12. The number of rotatable bonds is 11. The van der Waals surface area contributed by atoms with Crippen LogP contribution in [-0.4, -0.2) is 0 Å². The van der Waals surface area contributed by atoms with Gasteiger partial charge in [-0.15, -0.1) is 11.3 Å². The average Bonchev–Trinajstić information content (AvgIpc) is 2.69. The molecule has 0 atom stereocenters. The molecule has 3 aromatic rings. The minimum Gasteiger partial charge on any atom is -0.288 e. The Balaban J connectivity index is 1.53. The minimum absolute atomic E-state index is 0.210. The van der Waals surface area contributed by atoms with Gasteiger partial charge in [0.1, 0.15) is 0 Å². The van der Waals surface area contributed by atoms with Gasteiger partial charge in [0.2, 0.25) is 0 Å². The Labute approximate surface area is 167 Å². The average molecular weight is 381 g/mol. The van der Waals surface area contributed by atoms with E-state index in [0.717, 1.165) is 26.6 Å². The predicted molar refractivity (Wildman–Crippen MR) is 121 cm³/mol. The first-order chi connectivity index (χ1) is 13.3. The van der Waals surface area contributed by atoms with Gasteiger partial charge in [-0.25, -0.2) is 0 Å². The molecule has 0 N–H and O–H groups in total. The zero-order valence-electron chi connectivity index (χ0n) is 16.6. The molecule has 3 rings (SSSR count). The lowest BCUT2D eigenvalue weighted by Gasteiger charge is -2.07. The molecule has 2 heteroatoms. The van der Waals surface area contributed by atoms with Gasteiger partial charge in [0.05, 0.1) is 0 Å². The van der Waals surface area contributed by atoms with Crippen LogP contribution in [0, 0.1) is 0 Å². The van der Waals surface area contributed by atoms with E-state index in [1.807, 2.05) is 18.2 Å². The molecule has 2 aromatic carbocycles. The van der Waals surface area contributed by atoms with Gasteiger partial charge in [-0.05, 0) is 36.6 Å². The van der Waals surface area contributed by atoms with E-state index in [1.54, 1.807) is 11.3 Å². The van der Waals surface area contributed by atoms with Crippen LogP contribution in [0.5, 0.6) is 0 Å². The molecule has 0 unspecified atom stereocenters. The number of fused-ring (bicyclic) bond motifs is 2. The number of aryl methyl sites for hydroxylation is 1. The Bertz CT molecular complexity index is 909. The van der Waals surface area contributed by atoms with Crippen LogP contribution in [0.15, 0.2) is 47.3 Å². The normalized spacial score (nSPS) is 11.4. The summed E-state index contributed by atoms with van der Waals surface area (Å²) in [7, 11) is 0. The molecule has 0 saturated heterocycles. The molecule has 0 saturated carbocycles. The highest BCUT2D eigenvalue weighted by atomic mass is 32.1. The Hall–Kier alpha value is -1.67. The highest BCUT2D eigenvalue weighted by molar-refractivity contribution is 7.24. The van der Waals surface area contributed by atoms with Gasteiger partial charge in [0.15, 0.2) is 5.43 Å². The van der Waals surface area contributed by atoms with Crippen molar-refractivity contribution >= 4 is 31.5 Å². The van der Waals surface area contributed by atoms with Crippen molar-refractivity contribution in [2.24, 2.45) is 0 Å². The van der Waals surface area contributed by atoms with Gasteiger partial charge in [-0.3, -0.25) is 4.79 Å². The van der Waals surface area contributed by atoms with Crippen molar-refractivity contribution in [3.63, 3.8) is 0 Å². The number of unbranched alkanes of at least 4 members (excludes halogenated alkanes) is 9. The van der Waals surface area contributed by atoms with Gasteiger partial charge >= 0.3 is 0 Å². The Kier molecular flexibility index (Phi) is 7.89. The van der Waals surface area contributed by atoms with E-state index in [1.165, 1.54) is 69.8 Å². The summed E-state index contributed by atoms with van der Waals surface area (Å²) in [5.41, 5.74) is 1.45. The second-order valence-electron chi connectivity index (χ2n) is 7.65. The maximum absolute atomic E-state index is 13.0. The number of hydrogen-bond acceptors (Lipinski definition) is 2. The number of benzene rings is 2. The molecule has 0 amide bonds. The van der Waals surface area contributed by atoms with Gasteiger partial charge in [0.25, 0.3) is 0 Å². The summed E-state index contributed by atoms with van der Waals surface area (Å²) in [6, 6.07) is 14.3. The van der Waals surface area contributed by atoms with Crippen LogP contribution in [0.2, 0.25) is 0 Å². The van der Waals surface area contributed by atoms with E-state index in [4.69, 9.17) is 0 Å². The van der Waals surface area contributed by atoms with Crippen molar-refractivity contribution < 1.29 is 0 Å². The summed E-state index contributed by atoms with van der Waals surface area (Å²) in [5, 5.41) is 1.82. The highest BCUT2D eigenvalue weighted by Gasteiger charge is 2.09. The first-order valence-electron chi connectivity index (χ1n) is 10.7. The molecule has 0 aliphatic rings. The predicted octanol–water partition coefficient (Wildman–Crippen LogP) is 7.88. The third kappa shape index (κ3) is 5.42. The summed E-state index contributed by atoms with van der Waals surface area (Å²) in [5.74, 6) is 0. The van der Waals surface area contributed by atoms with Gasteiger partial charge in [0, 0.05) is 20.2 Å². The van der Waals surface area contributed by atoms with E-state index >= 15 is 0 Å². The van der Waals surface area contributed by atoms with E-state index in [2.05, 4.69) is 31.2 Å². The molecule has 0 fully saturated rings. The van der Waals surface area contributed by atoms with Crippen LogP contribution in [0.1, 0.15) is 76.7 Å². The summed E-state index contributed by atoms with van der Waals surface area (Å²) >= 11 is 1.74. The maximum atomic E-state index is 13.0. The van der Waals surface area contributed by atoms with Gasteiger partial charge < -0.3 is 0 Å². The summed E-state index contributed by atoms with van der Waals surface area (Å²) in [4.78, 5) is 13.0. The third-order valence-corrected chi connectivity index (χ3v) is 6.63. The molecule has 27 heavy (non-hydrogen) atoms. The smallest absolute Gasteiger partial charge is 0.196 e. The van der Waals surface area contributed by atoms with E-state index in [0.29, 0.717) is 0 Å². The fraction of sp³-hybridized carbons (Fsp3) is 0.480. The first-order valence-corrected chi connectivity index (χ1v) is 11.6. The monoisotopic (exact) mass is 380 g/mol. The van der Waals surface area contributed by atoms with Crippen LogP contribution in [0.3, 0.4) is 0 Å². The van der Waals surface area contributed by atoms with Crippen molar-refractivity contribution in [3.05, 3.63) is 58.3 Å². The Morgan fingerprint density at radius 3 is 2.07 bits per heavy atom. The molecule has 0 aliphatic heterocycles. The van der Waals surface area contributed by atoms with Crippen molar-refractivity contribution in [3.8, 4) is 0 Å².